The topological polar surface area (TPSA) is 40.1 Å². The predicted octanol–water partition coefficient (Wildman–Crippen LogP) is 3.61. The molecule has 0 aliphatic rings. The van der Waals surface area contributed by atoms with Crippen LogP contribution in [0, 0.1) is 11.8 Å². The first-order chi connectivity index (χ1) is 10.2. The molecule has 0 spiro atoms. The summed E-state index contributed by atoms with van der Waals surface area (Å²) >= 11 is 0. The molecule has 0 radical (unpaired) electrons. The van der Waals surface area contributed by atoms with Crippen molar-refractivity contribution in [2.24, 2.45) is 11.8 Å². The SMILES string of the molecule is CCCCCCCCCCC(C)C(C)C(C(=O)[O-])[N+](C)(C)C. The first-order valence-corrected chi connectivity index (χ1v) is 9.23. The normalized spacial score (nSPS) is 16.3. The summed E-state index contributed by atoms with van der Waals surface area (Å²) in [5.74, 6) is -0.335. The van der Waals surface area contributed by atoms with Crippen molar-refractivity contribution in [1.29, 1.82) is 0 Å². The quantitative estimate of drug-likeness (QED) is 0.385. The number of hydrogen-bond acceptors (Lipinski definition) is 2. The van der Waals surface area contributed by atoms with Crippen LogP contribution in [0.5, 0.6) is 0 Å². The van der Waals surface area contributed by atoms with Crippen LogP contribution in [0.3, 0.4) is 0 Å². The second kappa shape index (κ2) is 11.0. The third kappa shape index (κ3) is 8.77. The van der Waals surface area contributed by atoms with Crippen molar-refractivity contribution in [2.75, 3.05) is 21.1 Å². The lowest BCUT2D eigenvalue weighted by Gasteiger charge is -2.40. The van der Waals surface area contributed by atoms with Gasteiger partial charge in [-0.25, -0.2) is 0 Å². The molecule has 3 heteroatoms. The number of rotatable bonds is 13. The van der Waals surface area contributed by atoms with E-state index in [1.165, 1.54) is 51.4 Å². The van der Waals surface area contributed by atoms with Gasteiger partial charge >= 0.3 is 0 Å². The summed E-state index contributed by atoms with van der Waals surface area (Å²) in [6.07, 6.45) is 11.7. The third-order valence-corrected chi connectivity index (χ3v) is 4.98. The van der Waals surface area contributed by atoms with Gasteiger partial charge in [-0.1, -0.05) is 78.6 Å². The standard InChI is InChI=1S/C19H39NO2/c1-7-8-9-10-11-12-13-14-15-16(2)17(3)18(19(21)22)20(4,5)6/h16-18H,7-15H2,1-6H3. The Hall–Kier alpha value is -0.570. The van der Waals surface area contributed by atoms with E-state index >= 15 is 0 Å². The van der Waals surface area contributed by atoms with Crippen molar-refractivity contribution in [1.82, 2.24) is 0 Å². The molecule has 0 aliphatic carbocycles. The molecule has 22 heavy (non-hydrogen) atoms. The molecule has 3 nitrogen and oxygen atoms in total. The van der Waals surface area contributed by atoms with Crippen molar-refractivity contribution in [3.05, 3.63) is 0 Å². The number of carboxylic acid groups (broad SMARTS) is 1. The molecule has 0 heterocycles. The van der Waals surface area contributed by atoms with Crippen LogP contribution < -0.4 is 5.11 Å². The Bertz CT molecular complexity index is 296. The average Bonchev–Trinajstić information content (AvgIpc) is 2.39. The van der Waals surface area contributed by atoms with Gasteiger partial charge in [0.15, 0.2) is 0 Å². The Morgan fingerprint density at radius 1 is 0.909 bits per heavy atom. The number of likely N-dealkylation sites (N-methyl/N-ethyl adjacent to an activating group) is 1. The molecule has 3 atom stereocenters. The zero-order valence-electron chi connectivity index (χ0n) is 15.9. The van der Waals surface area contributed by atoms with Crippen LogP contribution in [0.25, 0.3) is 0 Å². The molecule has 0 rings (SSSR count). The molecule has 0 aromatic carbocycles. The van der Waals surface area contributed by atoms with Crippen molar-refractivity contribution in [2.45, 2.75) is 84.6 Å². The minimum absolute atomic E-state index is 0.148. The largest absolute Gasteiger partial charge is 0.544 e. The van der Waals surface area contributed by atoms with E-state index < -0.39 is 12.0 Å². The lowest BCUT2D eigenvalue weighted by atomic mass is 9.84. The summed E-state index contributed by atoms with van der Waals surface area (Å²) in [7, 11) is 5.83. The van der Waals surface area contributed by atoms with Gasteiger partial charge in [0.25, 0.3) is 0 Å². The van der Waals surface area contributed by atoms with Gasteiger partial charge in [-0.15, -0.1) is 0 Å². The highest BCUT2D eigenvalue weighted by molar-refractivity contribution is 5.70. The second-order valence-corrected chi connectivity index (χ2v) is 7.98. The molecule has 0 bridgehead atoms. The number of carboxylic acids is 1. The highest BCUT2D eigenvalue weighted by atomic mass is 16.4. The highest BCUT2D eigenvalue weighted by Crippen LogP contribution is 2.26. The van der Waals surface area contributed by atoms with E-state index in [0.29, 0.717) is 10.4 Å². The molecule has 0 amide bonds. The molecule has 0 fully saturated rings. The van der Waals surface area contributed by atoms with E-state index in [4.69, 9.17) is 0 Å². The zero-order valence-corrected chi connectivity index (χ0v) is 15.9. The molecular formula is C19H39NO2. The summed E-state index contributed by atoms with van der Waals surface area (Å²) in [5, 5.41) is 11.5. The van der Waals surface area contributed by atoms with Crippen LogP contribution in [-0.2, 0) is 4.79 Å². The molecular weight excluding hydrogens is 274 g/mol. The van der Waals surface area contributed by atoms with E-state index in [2.05, 4.69) is 20.8 Å². The number of carbonyl (C=O) groups excluding carboxylic acids is 1. The van der Waals surface area contributed by atoms with Crippen LogP contribution >= 0.6 is 0 Å². The summed E-state index contributed by atoms with van der Waals surface area (Å²) in [6, 6.07) is -0.427. The van der Waals surface area contributed by atoms with E-state index in [-0.39, 0.29) is 5.92 Å². The van der Waals surface area contributed by atoms with Crippen LogP contribution in [0.4, 0.5) is 0 Å². The number of quaternary nitrogens is 1. The van der Waals surface area contributed by atoms with E-state index in [9.17, 15) is 9.90 Å². The minimum atomic E-state index is -0.914. The van der Waals surface area contributed by atoms with E-state index in [1.54, 1.807) is 0 Å². The molecule has 0 N–H and O–H groups in total. The van der Waals surface area contributed by atoms with E-state index in [1.807, 2.05) is 21.1 Å². The number of nitrogens with zero attached hydrogens (tertiary/aromatic N) is 1. The fourth-order valence-corrected chi connectivity index (χ4v) is 3.41. The Balaban J connectivity index is 4.00. The molecule has 0 aromatic heterocycles. The lowest BCUT2D eigenvalue weighted by Crippen LogP contribution is -2.58. The van der Waals surface area contributed by atoms with Crippen molar-refractivity contribution in [3.8, 4) is 0 Å². The number of hydrogen-bond donors (Lipinski definition) is 0. The van der Waals surface area contributed by atoms with Gasteiger partial charge in [-0.05, 0) is 5.92 Å². The Morgan fingerprint density at radius 3 is 1.77 bits per heavy atom. The fraction of sp³-hybridized carbons (Fsp3) is 0.947. The third-order valence-electron chi connectivity index (χ3n) is 4.98. The first-order valence-electron chi connectivity index (χ1n) is 9.23. The maximum absolute atomic E-state index is 11.5. The number of carbonyl (C=O) groups is 1. The molecule has 0 aromatic rings. The number of unbranched alkanes of at least 4 members (excludes halogenated alkanes) is 7. The van der Waals surface area contributed by atoms with Crippen molar-refractivity contribution >= 4 is 5.97 Å². The maximum atomic E-state index is 11.5. The van der Waals surface area contributed by atoms with Crippen molar-refractivity contribution in [3.63, 3.8) is 0 Å². The minimum Gasteiger partial charge on any atom is -0.544 e. The summed E-state index contributed by atoms with van der Waals surface area (Å²) in [6.45, 7) is 6.51. The lowest BCUT2D eigenvalue weighted by molar-refractivity contribution is -0.893. The van der Waals surface area contributed by atoms with Crippen LogP contribution in [0.1, 0.15) is 78.6 Å². The van der Waals surface area contributed by atoms with Gasteiger partial charge in [-0.3, -0.25) is 0 Å². The van der Waals surface area contributed by atoms with Gasteiger partial charge < -0.3 is 14.4 Å². The van der Waals surface area contributed by atoms with Crippen LogP contribution in [0.2, 0.25) is 0 Å². The zero-order chi connectivity index (χ0) is 17.2. The second-order valence-electron chi connectivity index (χ2n) is 7.98. The van der Waals surface area contributed by atoms with Crippen molar-refractivity contribution < 1.29 is 14.4 Å². The van der Waals surface area contributed by atoms with Gasteiger partial charge in [-0.2, -0.15) is 0 Å². The van der Waals surface area contributed by atoms with Gasteiger partial charge in [0, 0.05) is 5.92 Å². The molecule has 132 valence electrons. The summed E-state index contributed by atoms with van der Waals surface area (Å²) in [4.78, 5) is 11.5. The van der Waals surface area contributed by atoms with Gasteiger partial charge in [0.2, 0.25) is 0 Å². The fourth-order valence-electron chi connectivity index (χ4n) is 3.41. The number of aliphatic carboxylic acids is 1. The smallest absolute Gasteiger partial charge is 0.131 e. The summed E-state index contributed by atoms with van der Waals surface area (Å²) in [5.41, 5.74) is 0. The van der Waals surface area contributed by atoms with Crippen LogP contribution in [-0.4, -0.2) is 37.6 Å². The van der Waals surface area contributed by atoms with Crippen LogP contribution in [0.15, 0.2) is 0 Å². The predicted molar refractivity (Wildman–Crippen MR) is 92.4 cm³/mol. The highest BCUT2D eigenvalue weighted by Gasteiger charge is 2.33. The Kier molecular flexibility index (Phi) is 10.8. The molecule has 0 saturated heterocycles. The van der Waals surface area contributed by atoms with Gasteiger partial charge in [0.05, 0.1) is 27.1 Å². The van der Waals surface area contributed by atoms with Gasteiger partial charge in [0.1, 0.15) is 6.04 Å². The molecule has 3 unspecified atom stereocenters. The first kappa shape index (κ1) is 21.4. The summed E-state index contributed by atoms with van der Waals surface area (Å²) < 4.78 is 0.436. The monoisotopic (exact) mass is 313 g/mol. The molecule has 0 saturated carbocycles. The average molecular weight is 314 g/mol. The Labute approximate surface area is 138 Å². The van der Waals surface area contributed by atoms with E-state index in [0.717, 1.165) is 6.42 Å². The maximum Gasteiger partial charge on any atom is 0.131 e. The molecule has 0 aliphatic heterocycles. The Morgan fingerprint density at radius 2 is 1.36 bits per heavy atom.